The fraction of sp³-hybridized carbons (Fsp3) is 0.318. The van der Waals surface area contributed by atoms with E-state index in [4.69, 9.17) is 9.78 Å². The number of hydrogen-bond donors (Lipinski definition) is 0. The Bertz CT molecular complexity index is 1050. The largest absolute Gasteiger partial charge is 0.341 e. The van der Waals surface area contributed by atoms with Crippen molar-refractivity contribution in [2.75, 3.05) is 26.7 Å². The second-order valence-corrected chi connectivity index (χ2v) is 7.46. The number of amides is 1. The maximum Gasteiger partial charge on any atom is 0.253 e. The van der Waals surface area contributed by atoms with Crippen LogP contribution in [0.2, 0.25) is 0 Å². The number of rotatable bonds is 7. The van der Waals surface area contributed by atoms with Crippen LogP contribution in [0, 0.1) is 11.3 Å². The number of likely N-dealkylation sites (N-methyl/N-ethyl adjacent to an activating group) is 1. The highest BCUT2D eigenvalue weighted by Gasteiger charge is 2.32. The highest BCUT2D eigenvalue weighted by Crippen LogP contribution is 2.27. The van der Waals surface area contributed by atoms with Gasteiger partial charge in [-0.3, -0.25) is 14.7 Å². The number of benzene rings is 1. The Kier molecular flexibility index (Phi) is 5.82. The van der Waals surface area contributed by atoms with Crippen LogP contribution >= 0.6 is 0 Å². The minimum Gasteiger partial charge on any atom is -0.341 e. The molecule has 1 saturated heterocycles. The summed E-state index contributed by atoms with van der Waals surface area (Å²) < 4.78 is 5.44. The Morgan fingerprint density at radius 1 is 1.30 bits per heavy atom. The molecule has 0 unspecified atom stereocenters. The molecule has 2 aromatic heterocycles. The summed E-state index contributed by atoms with van der Waals surface area (Å²) in [7, 11) is 1.76. The topological polar surface area (TPSA) is 99.1 Å². The summed E-state index contributed by atoms with van der Waals surface area (Å²) in [4.78, 5) is 24.7. The summed E-state index contributed by atoms with van der Waals surface area (Å²) in [5, 5.41) is 13.1. The Morgan fingerprint density at radius 2 is 2.10 bits per heavy atom. The van der Waals surface area contributed by atoms with Crippen molar-refractivity contribution in [1.29, 1.82) is 5.26 Å². The highest BCUT2D eigenvalue weighted by molar-refractivity contribution is 5.93. The van der Waals surface area contributed by atoms with E-state index in [9.17, 15) is 4.79 Å². The predicted molar refractivity (Wildman–Crippen MR) is 108 cm³/mol. The molecule has 1 amide bonds. The van der Waals surface area contributed by atoms with Gasteiger partial charge in [0.1, 0.15) is 0 Å². The molecule has 1 aliphatic rings. The van der Waals surface area contributed by atoms with E-state index in [-0.39, 0.29) is 11.8 Å². The van der Waals surface area contributed by atoms with Crippen LogP contribution in [0.4, 0.5) is 0 Å². The standard InChI is InChI=1S/C22H22N6O2/c1-27(22(29)18-5-8-24-9-6-18)10-7-20-25-21(30-26-20)19-14-28(15-19)13-17-4-2-3-16(11-17)12-23/h2-6,8-9,11,19H,7,10,13-15H2,1H3. The van der Waals surface area contributed by atoms with Gasteiger partial charge in [-0.05, 0) is 29.8 Å². The van der Waals surface area contributed by atoms with Crippen molar-refractivity contribution >= 4 is 5.91 Å². The molecule has 0 N–H and O–H groups in total. The third kappa shape index (κ3) is 4.53. The van der Waals surface area contributed by atoms with Gasteiger partial charge in [0.15, 0.2) is 5.82 Å². The van der Waals surface area contributed by atoms with E-state index >= 15 is 0 Å². The molecule has 8 heteroatoms. The maximum absolute atomic E-state index is 12.4. The minimum atomic E-state index is -0.0591. The maximum atomic E-state index is 12.4. The van der Waals surface area contributed by atoms with E-state index in [1.165, 1.54) is 0 Å². The molecule has 1 aromatic carbocycles. The highest BCUT2D eigenvalue weighted by atomic mass is 16.5. The Morgan fingerprint density at radius 3 is 2.87 bits per heavy atom. The predicted octanol–water partition coefficient (Wildman–Crippen LogP) is 2.25. The summed E-state index contributed by atoms with van der Waals surface area (Å²) in [6.45, 7) is 3.00. The smallest absolute Gasteiger partial charge is 0.253 e. The first-order chi connectivity index (χ1) is 14.6. The van der Waals surface area contributed by atoms with Crippen LogP contribution < -0.4 is 0 Å². The molecule has 30 heavy (non-hydrogen) atoms. The van der Waals surface area contributed by atoms with Crippen molar-refractivity contribution in [3.8, 4) is 6.07 Å². The first-order valence-corrected chi connectivity index (χ1v) is 9.82. The number of hydrogen-bond acceptors (Lipinski definition) is 7. The van der Waals surface area contributed by atoms with Crippen molar-refractivity contribution in [3.05, 3.63) is 77.2 Å². The lowest BCUT2D eigenvalue weighted by atomic mass is 9.99. The van der Waals surface area contributed by atoms with Gasteiger partial charge in [-0.25, -0.2) is 0 Å². The quantitative estimate of drug-likeness (QED) is 0.598. The van der Waals surface area contributed by atoms with Crippen LogP contribution in [0.15, 0.2) is 53.3 Å². The third-order valence-corrected chi connectivity index (χ3v) is 5.20. The molecule has 1 aliphatic heterocycles. The van der Waals surface area contributed by atoms with Gasteiger partial charge < -0.3 is 9.42 Å². The molecular formula is C22H22N6O2. The average molecular weight is 402 g/mol. The second kappa shape index (κ2) is 8.84. The normalized spacial score (nSPS) is 14.1. The fourth-order valence-corrected chi connectivity index (χ4v) is 3.47. The van der Waals surface area contributed by atoms with Crippen LogP contribution in [-0.4, -0.2) is 57.5 Å². The van der Waals surface area contributed by atoms with Gasteiger partial charge in [0.25, 0.3) is 5.91 Å². The molecule has 0 atom stereocenters. The zero-order valence-electron chi connectivity index (χ0n) is 16.7. The first kappa shape index (κ1) is 19.7. The van der Waals surface area contributed by atoms with E-state index in [1.807, 2.05) is 24.3 Å². The van der Waals surface area contributed by atoms with E-state index < -0.39 is 0 Å². The summed E-state index contributed by atoms with van der Waals surface area (Å²) in [5.74, 6) is 1.42. The van der Waals surface area contributed by atoms with Crippen LogP contribution in [0.3, 0.4) is 0 Å². The number of aromatic nitrogens is 3. The first-order valence-electron chi connectivity index (χ1n) is 9.82. The zero-order chi connectivity index (χ0) is 20.9. The van der Waals surface area contributed by atoms with E-state index in [0.29, 0.717) is 35.8 Å². The molecule has 3 aromatic rings. The van der Waals surface area contributed by atoms with Gasteiger partial charge in [-0.1, -0.05) is 17.3 Å². The molecule has 0 spiro atoms. The van der Waals surface area contributed by atoms with Crippen molar-refractivity contribution in [2.45, 2.75) is 18.9 Å². The lowest BCUT2D eigenvalue weighted by molar-refractivity contribution is 0.0795. The van der Waals surface area contributed by atoms with Gasteiger partial charge in [0, 0.05) is 57.6 Å². The number of likely N-dealkylation sites (tertiary alicyclic amines) is 1. The summed E-state index contributed by atoms with van der Waals surface area (Å²) in [5.41, 5.74) is 2.41. The van der Waals surface area contributed by atoms with Crippen LogP contribution in [0.1, 0.15) is 39.1 Å². The summed E-state index contributed by atoms with van der Waals surface area (Å²) >= 11 is 0. The molecule has 0 saturated carbocycles. The second-order valence-electron chi connectivity index (χ2n) is 7.46. The Labute approximate surface area is 174 Å². The fourth-order valence-electron chi connectivity index (χ4n) is 3.47. The van der Waals surface area contributed by atoms with Crippen LogP contribution in [-0.2, 0) is 13.0 Å². The van der Waals surface area contributed by atoms with Crippen molar-refractivity contribution in [3.63, 3.8) is 0 Å². The van der Waals surface area contributed by atoms with E-state index in [0.717, 1.165) is 25.2 Å². The lowest BCUT2D eigenvalue weighted by Gasteiger charge is -2.37. The van der Waals surface area contributed by atoms with Gasteiger partial charge >= 0.3 is 0 Å². The average Bonchev–Trinajstić information content (AvgIpc) is 3.23. The molecular weight excluding hydrogens is 380 g/mol. The van der Waals surface area contributed by atoms with Gasteiger partial charge in [-0.15, -0.1) is 0 Å². The SMILES string of the molecule is CN(CCc1noc(C2CN(Cc3cccc(C#N)c3)C2)n1)C(=O)c1ccncc1. The summed E-state index contributed by atoms with van der Waals surface area (Å²) in [6, 6.07) is 13.2. The molecule has 0 bridgehead atoms. The number of nitrogens with zero attached hydrogens (tertiary/aromatic N) is 6. The van der Waals surface area contributed by atoms with Crippen molar-refractivity contribution in [2.24, 2.45) is 0 Å². The number of nitriles is 1. The molecule has 0 radical (unpaired) electrons. The molecule has 3 heterocycles. The van der Waals surface area contributed by atoms with Gasteiger partial charge in [-0.2, -0.15) is 10.2 Å². The third-order valence-electron chi connectivity index (χ3n) is 5.20. The molecule has 1 fully saturated rings. The molecule has 8 nitrogen and oxygen atoms in total. The minimum absolute atomic E-state index is 0.0591. The van der Waals surface area contributed by atoms with Crippen LogP contribution in [0.5, 0.6) is 0 Å². The molecule has 152 valence electrons. The Hall–Kier alpha value is -3.57. The monoisotopic (exact) mass is 402 g/mol. The number of carbonyl (C=O) groups excluding carboxylic acids is 1. The van der Waals surface area contributed by atoms with E-state index in [2.05, 4.69) is 26.1 Å². The zero-order valence-corrected chi connectivity index (χ0v) is 16.7. The number of pyridine rings is 1. The van der Waals surface area contributed by atoms with Crippen molar-refractivity contribution < 1.29 is 9.32 Å². The van der Waals surface area contributed by atoms with Gasteiger partial charge in [0.2, 0.25) is 5.89 Å². The number of carbonyl (C=O) groups is 1. The van der Waals surface area contributed by atoms with Crippen molar-refractivity contribution in [1.82, 2.24) is 24.9 Å². The Balaban J connectivity index is 1.25. The molecule has 0 aliphatic carbocycles. The van der Waals surface area contributed by atoms with Gasteiger partial charge in [0.05, 0.1) is 17.6 Å². The van der Waals surface area contributed by atoms with E-state index in [1.54, 1.807) is 36.5 Å². The van der Waals surface area contributed by atoms with Crippen LogP contribution in [0.25, 0.3) is 0 Å². The molecule has 4 rings (SSSR count). The summed E-state index contributed by atoms with van der Waals surface area (Å²) in [6.07, 6.45) is 3.75. The lowest BCUT2D eigenvalue weighted by Crippen LogP contribution is -2.44.